The van der Waals surface area contributed by atoms with Crippen molar-refractivity contribution in [3.8, 4) is 11.3 Å². The Morgan fingerprint density at radius 2 is 1.46 bits per heavy atom. The number of piperazine rings is 2. The third-order valence-corrected chi connectivity index (χ3v) is 27.3. The maximum atomic E-state index is 14.8. The first-order chi connectivity index (χ1) is 65.6. The lowest BCUT2D eigenvalue weighted by atomic mass is 9.78. The van der Waals surface area contributed by atoms with Gasteiger partial charge < -0.3 is 99.4 Å². The van der Waals surface area contributed by atoms with Crippen LogP contribution in [0, 0.1) is 35.5 Å². The van der Waals surface area contributed by atoms with E-state index in [-0.39, 0.29) is 125 Å². The number of H-pyrrole nitrogens is 1. The Labute approximate surface area is 795 Å². The normalized spacial score (nSPS) is 27.8. The second-order valence-corrected chi connectivity index (χ2v) is 37.3. The molecule has 1 aliphatic carbocycles. The Bertz CT molecular complexity index is 5070. The molecule has 136 heavy (non-hydrogen) atoms. The molecule has 38 heteroatoms. The van der Waals surface area contributed by atoms with Gasteiger partial charge >= 0.3 is 5.97 Å². The van der Waals surface area contributed by atoms with Gasteiger partial charge in [-0.15, -0.1) is 0 Å². The van der Waals surface area contributed by atoms with E-state index in [9.17, 15) is 54.0 Å². The summed E-state index contributed by atoms with van der Waals surface area (Å²) in [5, 5.41) is 64.3. The van der Waals surface area contributed by atoms with Crippen LogP contribution in [0.5, 0.6) is 0 Å². The van der Waals surface area contributed by atoms with Crippen LogP contribution in [0.25, 0.3) is 33.3 Å². The number of hydrogen-bond donors (Lipinski definition) is 8. The fourth-order valence-corrected chi connectivity index (χ4v) is 18.9. The summed E-state index contributed by atoms with van der Waals surface area (Å²) in [6.07, 6.45) is 23.8. The number of carbonyl (C=O) groups is 7. The van der Waals surface area contributed by atoms with Crippen LogP contribution in [0.15, 0.2) is 108 Å². The summed E-state index contributed by atoms with van der Waals surface area (Å²) in [6, 6.07) is 2.79. The zero-order valence-corrected chi connectivity index (χ0v) is 80.5. The van der Waals surface area contributed by atoms with Crippen LogP contribution >= 0.6 is 0 Å². The van der Waals surface area contributed by atoms with Gasteiger partial charge in [0.1, 0.15) is 47.8 Å². The van der Waals surface area contributed by atoms with Crippen molar-refractivity contribution >= 4 is 86.7 Å². The number of cyclic esters (lactones) is 1. The fraction of sp³-hybridized carbons (Fsp3) is 0.633. The number of pyridine rings is 1. The number of nitrogens with two attached hydrogens (primary N) is 1. The van der Waals surface area contributed by atoms with Gasteiger partial charge in [-0.2, -0.15) is 5.10 Å². The molecule has 4 amide bonds. The highest BCUT2D eigenvalue weighted by atomic mass is 16.6. The maximum Gasteiger partial charge on any atom is 0.329 e. The number of esters is 1. The summed E-state index contributed by atoms with van der Waals surface area (Å²) in [5.74, 6) is -6.72. The van der Waals surface area contributed by atoms with Gasteiger partial charge in [0.05, 0.1) is 73.4 Å². The van der Waals surface area contributed by atoms with Crippen molar-refractivity contribution < 1.29 is 92.0 Å². The number of methoxy groups -OCH3 is 3. The Morgan fingerprint density at radius 3 is 2.20 bits per heavy atom. The number of nitrogen functional groups attached to an aromatic ring is 1. The molecule has 0 unspecified atom stereocenters. The van der Waals surface area contributed by atoms with E-state index in [4.69, 9.17) is 48.8 Å². The molecule has 4 saturated heterocycles. The molecule has 742 valence electrons. The summed E-state index contributed by atoms with van der Waals surface area (Å²) in [7, 11) is 4.59. The number of hydrogen-bond acceptors (Lipinski definition) is 32. The van der Waals surface area contributed by atoms with Crippen molar-refractivity contribution in [2.45, 2.75) is 238 Å². The summed E-state index contributed by atoms with van der Waals surface area (Å²) in [6.45, 7) is 20.9. The van der Waals surface area contributed by atoms with Gasteiger partial charge in [0.15, 0.2) is 18.0 Å². The van der Waals surface area contributed by atoms with E-state index in [2.05, 4.69) is 65.5 Å². The number of nitrogens with zero attached hydrogens (tertiary/aromatic N) is 15. The molecule has 2 bridgehead atoms. The van der Waals surface area contributed by atoms with Crippen molar-refractivity contribution in [2.75, 3.05) is 142 Å². The van der Waals surface area contributed by atoms with Crippen LogP contribution in [0.4, 0.5) is 17.7 Å². The number of aryl methyl sites for hydroxylation is 1. The van der Waals surface area contributed by atoms with Crippen molar-refractivity contribution in [3.63, 3.8) is 0 Å². The number of aliphatic hydroxyl groups excluding tert-OH is 3. The molecule has 5 fully saturated rings. The second-order valence-electron chi connectivity index (χ2n) is 37.3. The number of anilines is 3. The smallest absolute Gasteiger partial charge is 0.329 e. The quantitative estimate of drug-likeness (QED) is 0.00640. The number of nitrogens with one attached hydrogen (secondary N) is 3. The van der Waals surface area contributed by atoms with Gasteiger partial charge in [0.25, 0.3) is 17.6 Å². The zero-order valence-electron chi connectivity index (χ0n) is 80.5. The van der Waals surface area contributed by atoms with Crippen LogP contribution in [0.1, 0.15) is 180 Å². The third-order valence-electron chi connectivity index (χ3n) is 27.3. The number of amides is 4. The highest BCUT2D eigenvalue weighted by Gasteiger charge is 2.53. The summed E-state index contributed by atoms with van der Waals surface area (Å²) >= 11 is 0. The average molecular weight is 1890 g/mol. The Balaban J connectivity index is 0.541. The highest BCUT2D eigenvalue weighted by molar-refractivity contribution is 6.39. The molecule has 0 radical (unpaired) electrons. The molecule has 38 nitrogen and oxygen atoms in total. The summed E-state index contributed by atoms with van der Waals surface area (Å²) in [5.41, 5.74) is 11.9. The van der Waals surface area contributed by atoms with Crippen LogP contribution in [0.3, 0.4) is 0 Å². The van der Waals surface area contributed by atoms with Crippen molar-refractivity contribution in [1.82, 2.24) is 75.0 Å². The number of ether oxygens (including phenoxy) is 7. The van der Waals surface area contributed by atoms with Gasteiger partial charge in [-0.3, -0.25) is 33.7 Å². The number of aromatic amines is 1. The average Bonchev–Trinajstić information content (AvgIpc) is 1.66. The number of aromatic nitrogens is 10. The van der Waals surface area contributed by atoms with Gasteiger partial charge in [-0.1, -0.05) is 76.2 Å². The van der Waals surface area contributed by atoms with E-state index >= 15 is 0 Å². The molecular weight excluding hydrogens is 1750 g/mol. The van der Waals surface area contributed by atoms with Crippen LogP contribution in [-0.2, 0) is 79.9 Å². The number of ketones is 2. The monoisotopic (exact) mass is 1890 g/mol. The first-order valence-electron chi connectivity index (χ1n) is 48.3. The summed E-state index contributed by atoms with van der Waals surface area (Å²) < 4.78 is 43.9. The van der Waals surface area contributed by atoms with E-state index in [1.54, 1.807) is 72.1 Å². The number of Topliss-reactive ketones (excluding diaryl/α,β-unsaturated/α-hetero) is 2. The number of piperidine rings is 1. The molecule has 0 aromatic carbocycles. The largest absolute Gasteiger partial charge is 0.460 e. The Hall–Kier alpha value is -10.5. The van der Waals surface area contributed by atoms with Crippen LogP contribution in [-0.4, -0.2) is 319 Å². The van der Waals surface area contributed by atoms with Crippen LogP contribution in [0.2, 0.25) is 0 Å². The molecule has 1 saturated carbocycles. The molecule has 16 atom stereocenters. The molecule has 12 rings (SSSR count). The molecule has 6 aromatic heterocycles. The Morgan fingerprint density at radius 1 is 0.721 bits per heavy atom. The van der Waals surface area contributed by atoms with Gasteiger partial charge in [0, 0.05) is 210 Å². The minimum absolute atomic E-state index is 0.0255. The summed E-state index contributed by atoms with van der Waals surface area (Å²) in [4.78, 5) is 146. The molecule has 9 N–H and O–H groups in total. The van der Waals surface area contributed by atoms with Gasteiger partial charge in [0.2, 0.25) is 29.5 Å². The number of oxime groups is 1. The lowest BCUT2D eigenvalue weighted by Crippen LogP contribution is -2.61. The van der Waals surface area contributed by atoms with Gasteiger partial charge in [-0.25, -0.2) is 44.4 Å². The molecule has 6 aliphatic rings. The fourth-order valence-electron chi connectivity index (χ4n) is 18.9. The zero-order chi connectivity index (χ0) is 97.0. The predicted octanol–water partition coefficient (Wildman–Crippen LogP) is 7.78. The maximum absolute atomic E-state index is 14.8. The van der Waals surface area contributed by atoms with E-state index in [1.165, 1.54) is 18.3 Å². The van der Waals surface area contributed by atoms with Crippen molar-refractivity contribution in [2.24, 2.45) is 40.7 Å². The molecule has 11 heterocycles. The van der Waals surface area contributed by atoms with Crippen molar-refractivity contribution in [1.29, 1.82) is 0 Å². The lowest BCUT2D eigenvalue weighted by Gasteiger charge is -2.43. The van der Waals surface area contributed by atoms with E-state index in [0.29, 0.717) is 193 Å². The van der Waals surface area contributed by atoms with Gasteiger partial charge in [-0.05, 0) is 138 Å². The first kappa shape index (κ1) is 104. The SMILES string of the molecule is CO[C@H]1C[C@@H]2CC[C@@H](C)[C@@](O)(O2)C(=O)C(=O)N2CCCC[C@H]2C(=O)O[C@H]([C@H](C)C[C@@H]2CC[C@@H](O)[C@H](OC)C2)C[C@@H](O)[C@H](C)/C=C(\C)[C@@H](O)[C@@H](OC)C(=NOCC(=O)CCCOCCC(=O)NCc2cnc(N3CCN(C(=O)CCOCCN4CCN(c5ncc(C(=O)NCCCCn6nc(-c7cnc8[nH]ccc8c7)c7c(N)ncnc76)cn5)CC4)CC3)nc2)[C@H](C)C[C@H](C)/C=C/C=C/C=C/1C. The minimum Gasteiger partial charge on any atom is -0.460 e. The van der Waals surface area contributed by atoms with E-state index < -0.39 is 84.1 Å². The minimum atomic E-state index is -2.47. The number of allylic oxidation sites excluding steroid dienone is 5. The standard InChI is InChI=1S/C98H141N19O19/c1-62-19-12-11-13-20-63(2)79(129-8)52-75-25-23-68(7)98(128,136-75)89(124)94(126)116-32-16-14-22-76(116)95(127)135-80(65(4)49-69-24-26-77(119)81(50-69)130-9)53-78(120)64(3)48-67(6)87(123)88(131-10)85(66(5)47-62)111-134-60-74(118)21-18-43-132-44-28-82(121)102-54-70-55-104-96(105-56-70)115-40-38-113(39-41-115)83(122)29-45-133-46-42-112-34-36-114(37-35-112)97-106-58-73(59-107-97)93(125)101-30-15-17-33-117-92-84(90(99)108-61-109-92)86(110-117)72-51-71-27-31-100-91(71)103-57-72/h11-13,19-20,27,31,48,51,55-59,61-62,64-66,68-69,75-81,87-88,119-120,123,128H,14-18,21-26,28-30,32-47,49-50,52-54,60H2,1-10H3,(H,100,103)(H,101,125)(H,102,121)(H2,99,108,109)/b13-11+,19-12+,63-20+,67-48+,111-85?/t62-,64-,65-,66-,68-,69+,75+,76+,77-,78-,79+,80+,81-,87-,88+,98-/m1/s1. The molecule has 6 aromatic rings. The second kappa shape index (κ2) is 51.2. The van der Waals surface area contributed by atoms with E-state index in [0.717, 1.165) is 48.2 Å². The molecule has 5 aliphatic heterocycles. The first-order valence-corrected chi connectivity index (χ1v) is 48.3. The Kier molecular flexibility index (Phi) is 39.3. The number of unbranched alkanes of at least 4 members (excludes halogenated alkanes) is 1. The van der Waals surface area contributed by atoms with Crippen molar-refractivity contribution in [3.05, 3.63) is 114 Å². The number of fused-ring (bicyclic) bond motifs is 5. The topological polar surface area (TPSA) is 477 Å². The molecular formula is C98H141N19O19. The number of aliphatic hydroxyl groups is 4. The number of carbonyl (C=O) groups excluding carboxylic acids is 7. The molecule has 0 spiro atoms. The van der Waals surface area contributed by atoms with E-state index in [1.807, 2.05) is 90.9 Å². The third kappa shape index (κ3) is 28.6. The highest BCUT2D eigenvalue weighted by Crippen LogP contribution is 2.40. The van der Waals surface area contributed by atoms with Crippen LogP contribution < -0.4 is 26.2 Å². The number of rotatable bonds is 33. The lowest BCUT2D eigenvalue weighted by molar-refractivity contribution is -0.265. The predicted molar refractivity (Wildman–Crippen MR) is 509 cm³/mol.